The first kappa shape index (κ1) is 22.5. The van der Waals surface area contributed by atoms with Crippen molar-refractivity contribution < 1.29 is 19.1 Å². The summed E-state index contributed by atoms with van der Waals surface area (Å²) in [5.41, 5.74) is 1.94. The normalized spacial score (nSPS) is 18.4. The van der Waals surface area contributed by atoms with Gasteiger partial charge >= 0.3 is 5.97 Å². The molecule has 1 aromatic rings. The number of carbonyl (C=O) groups excluding carboxylic acids is 3. The van der Waals surface area contributed by atoms with Gasteiger partial charge in [-0.05, 0) is 19.4 Å². The molecule has 1 saturated heterocycles. The first-order valence-corrected chi connectivity index (χ1v) is 11.6. The maximum absolute atomic E-state index is 13.3. The average Bonchev–Trinajstić information content (AvgIpc) is 3.15. The van der Waals surface area contributed by atoms with Crippen molar-refractivity contribution in [2.24, 2.45) is 0 Å². The molecule has 0 unspecified atom stereocenters. The first-order valence-electron chi connectivity index (χ1n) is 10.3. The predicted molar refractivity (Wildman–Crippen MR) is 123 cm³/mol. The first-order chi connectivity index (χ1) is 14.5. The van der Waals surface area contributed by atoms with Gasteiger partial charge in [0.05, 0.1) is 22.8 Å². The van der Waals surface area contributed by atoms with E-state index in [0.717, 1.165) is 42.3 Å². The molecule has 1 fully saturated rings. The van der Waals surface area contributed by atoms with Gasteiger partial charge in [0.1, 0.15) is 10.9 Å². The zero-order valence-corrected chi connectivity index (χ0v) is 18.9. The molecule has 0 N–H and O–H groups in total. The summed E-state index contributed by atoms with van der Waals surface area (Å²) in [4.78, 5) is 41.4. The number of hydrogen-bond acceptors (Lipinski definition) is 6. The Labute approximate surface area is 186 Å². The summed E-state index contributed by atoms with van der Waals surface area (Å²) in [5, 5.41) is 0. The van der Waals surface area contributed by atoms with Crippen LogP contribution in [0.25, 0.3) is 5.57 Å². The Morgan fingerprint density at radius 1 is 1.03 bits per heavy atom. The molecule has 6 nitrogen and oxygen atoms in total. The van der Waals surface area contributed by atoms with Gasteiger partial charge in [0.15, 0.2) is 0 Å². The van der Waals surface area contributed by atoms with Crippen LogP contribution in [-0.2, 0) is 19.1 Å². The Hall–Kier alpha value is -2.19. The minimum atomic E-state index is -0.521. The van der Waals surface area contributed by atoms with E-state index in [1.807, 2.05) is 24.3 Å². The fourth-order valence-electron chi connectivity index (χ4n) is 3.62. The monoisotopic (exact) mass is 446 g/mol. The number of anilines is 1. The summed E-state index contributed by atoms with van der Waals surface area (Å²) < 4.78 is 5.20. The molecule has 3 rings (SSSR count). The second kappa shape index (κ2) is 10.2. The van der Waals surface area contributed by atoms with Crippen molar-refractivity contribution in [3.8, 4) is 0 Å². The molecule has 0 bridgehead atoms. The molecule has 160 valence electrons. The van der Waals surface area contributed by atoms with Gasteiger partial charge in [-0.3, -0.25) is 19.3 Å². The van der Waals surface area contributed by atoms with Gasteiger partial charge in [-0.2, -0.15) is 0 Å². The quantitative estimate of drug-likeness (QED) is 0.246. The fraction of sp³-hybridized carbons (Fsp3) is 0.455. The van der Waals surface area contributed by atoms with Crippen molar-refractivity contribution in [1.82, 2.24) is 4.90 Å². The van der Waals surface area contributed by atoms with Crippen molar-refractivity contribution in [3.05, 3.63) is 34.7 Å². The van der Waals surface area contributed by atoms with E-state index in [2.05, 4.69) is 6.92 Å². The number of ether oxygens (including phenoxy) is 1. The van der Waals surface area contributed by atoms with Crippen molar-refractivity contribution in [3.63, 3.8) is 0 Å². The van der Waals surface area contributed by atoms with Crippen molar-refractivity contribution in [2.45, 2.75) is 46.0 Å². The number of hydrogen-bond donors (Lipinski definition) is 0. The number of benzene rings is 1. The van der Waals surface area contributed by atoms with Gasteiger partial charge in [-0.15, -0.1) is 0 Å². The standard InChI is InChI=1S/C22H26N2O4S2/c1-3-5-6-7-10-13-23-16-12-9-8-11-15(16)18(20(23)26)19-21(27)24(22(29)30-19)14-17(25)28-4-2/h8-9,11-12H,3-7,10,13-14H2,1-2H3. The summed E-state index contributed by atoms with van der Waals surface area (Å²) in [5.74, 6) is -1.11. The lowest BCUT2D eigenvalue weighted by atomic mass is 10.1. The molecule has 1 aromatic carbocycles. The summed E-state index contributed by atoms with van der Waals surface area (Å²) in [6, 6.07) is 7.52. The van der Waals surface area contributed by atoms with Crippen LogP contribution in [0.15, 0.2) is 29.2 Å². The van der Waals surface area contributed by atoms with Crippen LogP contribution in [-0.4, -0.2) is 46.7 Å². The minimum Gasteiger partial charge on any atom is -0.465 e. The molecule has 30 heavy (non-hydrogen) atoms. The molecule has 0 radical (unpaired) electrons. The second-order valence-electron chi connectivity index (χ2n) is 7.16. The van der Waals surface area contributed by atoms with Gasteiger partial charge in [-0.1, -0.05) is 74.8 Å². The number of unbranched alkanes of at least 4 members (excludes halogenated alkanes) is 4. The zero-order valence-electron chi connectivity index (χ0n) is 17.3. The Kier molecular flexibility index (Phi) is 7.66. The van der Waals surface area contributed by atoms with E-state index in [1.165, 1.54) is 17.7 Å². The Balaban J connectivity index is 1.85. The van der Waals surface area contributed by atoms with Crippen LogP contribution < -0.4 is 4.90 Å². The lowest BCUT2D eigenvalue weighted by molar-refractivity contribution is -0.145. The molecule has 2 heterocycles. The van der Waals surface area contributed by atoms with Crippen LogP contribution in [0.1, 0.15) is 51.5 Å². The molecule has 0 aliphatic carbocycles. The molecule has 2 aliphatic heterocycles. The Bertz CT molecular complexity index is 897. The van der Waals surface area contributed by atoms with Crippen LogP contribution in [0.2, 0.25) is 0 Å². The summed E-state index contributed by atoms with van der Waals surface area (Å²) in [7, 11) is 0. The Morgan fingerprint density at radius 2 is 1.77 bits per heavy atom. The topological polar surface area (TPSA) is 66.9 Å². The smallest absolute Gasteiger partial charge is 0.326 e. The van der Waals surface area contributed by atoms with Crippen LogP contribution in [0, 0.1) is 0 Å². The van der Waals surface area contributed by atoms with Crippen molar-refractivity contribution in [1.29, 1.82) is 0 Å². The van der Waals surface area contributed by atoms with E-state index in [0.29, 0.717) is 12.1 Å². The highest BCUT2D eigenvalue weighted by Crippen LogP contribution is 2.44. The summed E-state index contributed by atoms with van der Waals surface area (Å²) in [6.07, 6.45) is 5.50. The van der Waals surface area contributed by atoms with E-state index in [1.54, 1.807) is 11.8 Å². The highest BCUT2D eigenvalue weighted by Gasteiger charge is 2.42. The number of carbonyl (C=O) groups is 3. The third kappa shape index (κ3) is 4.59. The van der Waals surface area contributed by atoms with E-state index < -0.39 is 11.9 Å². The second-order valence-corrected chi connectivity index (χ2v) is 8.80. The molecule has 0 spiro atoms. The molecule has 0 atom stereocenters. The lowest BCUT2D eigenvalue weighted by Gasteiger charge is -2.17. The third-order valence-corrected chi connectivity index (χ3v) is 6.53. The predicted octanol–water partition coefficient (Wildman–Crippen LogP) is 4.14. The summed E-state index contributed by atoms with van der Waals surface area (Å²) >= 11 is 6.39. The van der Waals surface area contributed by atoms with Crippen molar-refractivity contribution in [2.75, 3.05) is 24.6 Å². The third-order valence-electron chi connectivity index (χ3n) is 5.08. The van der Waals surface area contributed by atoms with Crippen molar-refractivity contribution >= 4 is 57.3 Å². The van der Waals surface area contributed by atoms with E-state index in [9.17, 15) is 14.4 Å². The number of thiocarbonyl (C=S) groups is 1. The zero-order chi connectivity index (χ0) is 21.7. The van der Waals surface area contributed by atoms with Gasteiger partial charge in [0.25, 0.3) is 11.8 Å². The highest BCUT2D eigenvalue weighted by atomic mass is 32.2. The summed E-state index contributed by atoms with van der Waals surface area (Å²) in [6.45, 7) is 4.48. The molecular weight excluding hydrogens is 420 g/mol. The Morgan fingerprint density at radius 3 is 2.50 bits per heavy atom. The van der Waals surface area contributed by atoms with Gasteiger partial charge < -0.3 is 9.64 Å². The van der Waals surface area contributed by atoms with E-state index in [4.69, 9.17) is 17.0 Å². The molecule has 8 heteroatoms. The molecule has 0 aromatic heterocycles. The molecule has 2 aliphatic rings. The average molecular weight is 447 g/mol. The van der Waals surface area contributed by atoms with Crippen LogP contribution in [0.5, 0.6) is 0 Å². The maximum Gasteiger partial charge on any atom is 0.326 e. The lowest BCUT2D eigenvalue weighted by Crippen LogP contribution is -2.34. The maximum atomic E-state index is 13.3. The minimum absolute atomic E-state index is 0.177. The molecular formula is C22H26N2O4S2. The van der Waals surface area contributed by atoms with E-state index >= 15 is 0 Å². The van der Waals surface area contributed by atoms with Crippen LogP contribution >= 0.6 is 24.0 Å². The van der Waals surface area contributed by atoms with Crippen LogP contribution in [0.4, 0.5) is 5.69 Å². The molecule has 2 amide bonds. The van der Waals surface area contributed by atoms with E-state index in [-0.39, 0.29) is 28.3 Å². The SMILES string of the molecule is CCCCCCCN1C(=O)C(=C2SC(=S)N(CC(=O)OCC)C2=O)c2ccccc21. The van der Waals surface area contributed by atoms with Crippen LogP contribution in [0.3, 0.4) is 0 Å². The highest BCUT2D eigenvalue weighted by molar-refractivity contribution is 8.26. The number of esters is 1. The number of fused-ring (bicyclic) bond motifs is 1. The number of amides is 2. The van der Waals surface area contributed by atoms with Gasteiger partial charge in [0.2, 0.25) is 0 Å². The number of para-hydroxylation sites is 1. The van der Waals surface area contributed by atoms with Gasteiger partial charge in [-0.25, -0.2) is 0 Å². The number of nitrogens with zero attached hydrogens (tertiary/aromatic N) is 2. The largest absolute Gasteiger partial charge is 0.465 e. The molecule has 0 saturated carbocycles. The number of rotatable bonds is 9. The number of thioether (sulfide) groups is 1. The fourth-order valence-corrected chi connectivity index (χ4v) is 4.94. The van der Waals surface area contributed by atoms with Gasteiger partial charge in [0, 0.05) is 12.1 Å².